The third-order valence-electron chi connectivity index (χ3n) is 4.02. The summed E-state index contributed by atoms with van der Waals surface area (Å²) in [6, 6.07) is -3.62. The maximum atomic E-state index is 12.2. The van der Waals surface area contributed by atoms with Gasteiger partial charge < -0.3 is 25.5 Å². The Morgan fingerprint density at radius 3 is 2.32 bits per heavy atom. The van der Waals surface area contributed by atoms with E-state index in [0.29, 0.717) is 0 Å². The summed E-state index contributed by atoms with van der Waals surface area (Å²) in [6.45, 7) is 2.80. The Hall–Kier alpha value is -2.13. The minimum Gasteiger partial charge on any atom is -0.481 e. The second kappa shape index (κ2) is 10.4. The predicted molar refractivity (Wildman–Crippen MR) is 94.0 cm³/mol. The van der Waals surface area contributed by atoms with Crippen LogP contribution in [0.5, 0.6) is 0 Å². The number of carboxylic acids is 2. The van der Waals surface area contributed by atoms with Crippen LogP contribution in [0, 0.1) is 5.92 Å². The number of hydrogen-bond acceptors (Lipinski definition) is 9. The second-order valence-electron chi connectivity index (χ2n) is 6.19. The fourth-order valence-corrected chi connectivity index (χ4v) is 3.31. The molecule has 1 heterocycles. The van der Waals surface area contributed by atoms with Crippen LogP contribution in [0.3, 0.4) is 0 Å². The Kier molecular flexibility index (Phi) is 8.90. The largest absolute Gasteiger partial charge is 0.481 e. The summed E-state index contributed by atoms with van der Waals surface area (Å²) in [4.78, 5) is 21.8. The molecular formula is C14H25N5O8S. The topological polar surface area (TPSA) is 218 Å². The van der Waals surface area contributed by atoms with Crippen molar-refractivity contribution in [3.05, 3.63) is 11.8 Å². The zero-order valence-corrected chi connectivity index (χ0v) is 16.2. The summed E-state index contributed by atoms with van der Waals surface area (Å²) in [5, 5.41) is 34.2. The van der Waals surface area contributed by atoms with Gasteiger partial charge in [0, 0.05) is 6.42 Å². The number of nitrogens with two attached hydrogens (primary N) is 1. The Bertz CT molecular complexity index is 768. The lowest BCUT2D eigenvalue weighted by molar-refractivity contribution is -0.140. The van der Waals surface area contributed by atoms with Crippen LogP contribution in [-0.2, 0) is 19.8 Å². The van der Waals surface area contributed by atoms with Crippen LogP contribution in [0.25, 0.3) is 0 Å². The van der Waals surface area contributed by atoms with E-state index in [1.165, 1.54) is 0 Å². The van der Waals surface area contributed by atoms with E-state index in [1.54, 1.807) is 4.72 Å². The lowest BCUT2D eigenvalue weighted by Crippen LogP contribution is -2.49. The molecule has 0 aromatic carbocycles. The van der Waals surface area contributed by atoms with Gasteiger partial charge >= 0.3 is 11.9 Å². The first-order valence-corrected chi connectivity index (χ1v) is 9.92. The normalized spacial score (nSPS) is 16.3. The van der Waals surface area contributed by atoms with E-state index >= 15 is 0 Å². The average molecular weight is 423 g/mol. The molecule has 13 nitrogen and oxygen atoms in total. The molecular weight excluding hydrogens is 398 g/mol. The van der Waals surface area contributed by atoms with Crippen molar-refractivity contribution in [2.24, 2.45) is 11.7 Å². The molecule has 0 aliphatic rings. The first kappa shape index (κ1) is 23.9. The van der Waals surface area contributed by atoms with Crippen LogP contribution in [0.15, 0.2) is 4.42 Å². The fourth-order valence-electron chi connectivity index (χ4n) is 2.09. The summed E-state index contributed by atoms with van der Waals surface area (Å²) in [6.07, 6.45) is 0.0631. The summed E-state index contributed by atoms with van der Waals surface area (Å²) >= 11 is 0. The van der Waals surface area contributed by atoms with E-state index in [9.17, 15) is 18.0 Å². The predicted octanol–water partition coefficient (Wildman–Crippen LogP) is -1.11. The van der Waals surface area contributed by atoms with Crippen LogP contribution >= 0.6 is 0 Å². The molecule has 0 spiro atoms. The molecule has 4 atom stereocenters. The Morgan fingerprint density at radius 1 is 1.21 bits per heavy atom. The molecule has 0 bridgehead atoms. The Morgan fingerprint density at radius 2 is 1.82 bits per heavy atom. The molecule has 14 heteroatoms. The van der Waals surface area contributed by atoms with Gasteiger partial charge in [-0.3, -0.25) is 9.59 Å². The molecule has 0 aliphatic heterocycles. The smallest absolute Gasteiger partial charge is 0.324 e. The van der Waals surface area contributed by atoms with E-state index in [2.05, 4.69) is 14.9 Å². The lowest BCUT2D eigenvalue weighted by atomic mass is 10.0. The summed E-state index contributed by atoms with van der Waals surface area (Å²) in [7, 11) is -4.46. The van der Waals surface area contributed by atoms with Crippen molar-refractivity contribution in [1.29, 1.82) is 0 Å². The number of aromatic nitrogens is 2. The van der Waals surface area contributed by atoms with Gasteiger partial charge in [-0.25, -0.2) is 0 Å². The molecule has 0 radical (unpaired) electrons. The maximum absolute atomic E-state index is 12.2. The van der Waals surface area contributed by atoms with E-state index < -0.39 is 53.3 Å². The first-order valence-electron chi connectivity index (χ1n) is 8.44. The zero-order valence-electron chi connectivity index (χ0n) is 15.4. The number of aliphatic hydroxyl groups is 1. The molecule has 0 fully saturated rings. The number of aliphatic carboxylic acids is 2. The number of aliphatic hydroxyl groups excluding tert-OH is 1. The summed E-state index contributed by atoms with van der Waals surface area (Å²) < 4.78 is 33.6. The number of hydrogen-bond donors (Lipinski definition) is 6. The lowest BCUT2D eigenvalue weighted by Gasteiger charge is -2.18. The molecule has 1 aromatic rings. The van der Waals surface area contributed by atoms with Crippen molar-refractivity contribution in [2.75, 3.05) is 6.61 Å². The van der Waals surface area contributed by atoms with E-state index in [-0.39, 0.29) is 24.1 Å². The van der Waals surface area contributed by atoms with Crippen LogP contribution in [0.4, 0.5) is 0 Å². The Balaban J connectivity index is 3.05. The van der Waals surface area contributed by atoms with Gasteiger partial charge in [0.2, 0.25) is 11.8 Å². The van der Waals surface area contributed by atoms with Crippen molar-refractivity contribution >= 4 is 22.1 Å². The number of carboxylic acid groups (broad SMARTS) is 2. The standard InChI is InChI=1S/C14H25N5O8S/c1-3-7(2)11(15)13-17-16-12(27-13)8(4-5-10(21)22)18-28(25,26)19-9(6-20)14(23)24/h7-9,11,18-20H,3-6,15H2,1-2H3,(H,21,22)(H,23,24)/t7?,8-,9-,11-/m0/s1. The van der Waals surface area contributed by atoms with E-state index in [4.69, 9.17) is 25.5 Å². The number of carbonyl (C=O) groups is 2. The quantitative estimate of drug-likeness (QED) is 0.223. The van der Waals surface area contributed by atoms with Gasteiger partial charge in [-0.15, -0.1) is 10.2 Å². The van der Waals surface area contributed by atoms with Crippen molar-refractivity contribution in [2.45, 2.75) is 51.2 Å². The van der Waals surface area contributed by atoms with Gasteiger partial charge in [0.05, 0.1) is 12.6 Å². The van der Waals surface area contributed by atoms with Crippen LogP contribution in [0.2, 0.25) is 0 Å². The number of nitrogens with zero attached hydrogens (tertiary/aromatic N) is 2. The highest BCUT2D eigenvalue weighted by atomic mass is 32.2. The molecule has 1 rings (SSSR count). The van der Waals surface area contributed by atoms with Crippen LogP contribution < -0.4 is 15.2 Å². The highest BCUT2D eigenvalue weighted by Crippen LogP contribution is 2.24. The maximum Gasteiger partial charge on any atom is 0.324 e. The molecule has 160 valence electrons. The van der Waals surface area contributed by atoms with Gasteiger partial charge in [-0.1, -0.05) is 20.3 Å². The number of rotatable bonds is 13. The van der Waals surface area contributed by atoms with Gasteiger partial charge in [0.1, 0.15) is 12.1 Å². The summed E-state index contributed by atoms with van der Waals surface area (Å²) in [5.41, 5.74) is 5.99. The minimum absolute atomic E-state index is 0.00464. The minimum atomic E-state index is -4.46. The second-order valence-corrected chi connectivity index (χ2v) is 7.67. The van der Waals surface area contributed by atoms with E-state index in [0.717, 1.165) is 6.42 Å². The molecule has 0 saturated heterocycles. The first-order chi connectivity index (χ1) is 13.0. The van der Waals surface area contributed by atoms with Crippen molar-refractivity contribution in [3.63, 3.8) is 0 Å². The van der Waals surface area contributed by atoms with Crippen molar-refractivity contribution in [1.82, 2.24) is 19.6 Å². The third kappa shape index (κ3) is 7.12. The van der Waals surface area contributed by atoms with Gasteiger partial charge in [-0.2, -0.15) is 17.9 Å². The monoisotopic (exact) mass is 423 g/mol. The highest BCUT2D eigenvalue weighted by molar-refractivity contribution is 7.87. The van der Waals surface area contributed by atoms with Crippen molar-refractivity contribution < 1.29 is 37.7 Å². The molecule has 0 amide bonds. The average Bonchev–Trinajstić information content (AvgIpc) is 3.11. The van der Waals surface area contributed by atoms with E-state index in [1.807, 2.05) is 13.8 Å². The number of nitrogens with one attached hydrogen (secondary N) is 2. The SMILES string of the molecule is CCC(C)[C@H](N)c1nnc([C@H](CCC(=O)O)NS(=O)(=O)N[C@@H](CO)C(=O)O)o1. The van der Waals surface area contributed by atoms with Gasteiger partial charge in [0.15, 0.2) is 0 Å². The van der Waals surface area contributed by atoms with Gasteiger partial charge in [0.25, 0.3) is 10.2 Å². The van der Waals surface area contributed by atoms with Gasteiger partial charge in [-0.05, 0) is 12.3 Å². The molecule has 28 heavy (non-hydrogen) atoms. The fraction of sp³-hybridized carbons (Fsp3) is 0.714. The third-order valence-corrected chi connectivity index (χ3v) is 5.21. The molecule has 0 aliphatic carbocycles. The van der Waals surface area contributed by atoms with Crippen LogP contribution in [0.1, 0.15) is 57.0 Å². The molecule has 7 N–H and O–H groups in total. The van der Waals surface area contributed by atoms with Crippen LogP contribution in [-0.4, -0.2) is 58.5 Å². The molecule has 1 aromatic heterocycles. The molecule has 0 saturated carbocycles. The Labute approximate surface area is 161 Å². The van der Waals surface area contributed by atoms with Crippen molar-refractivity contribution in [3.8, 4) is 0 Å². The molecule has 1 unspecified atom stereocenters. The summed E-state index contributed by atoms with van der Waals surface area (Å²) in [5.74, 6) is -2.92. The highest BCUT2D eigenvalue weighted by Gasteiger charge is 2.30. The zero-order chi connectivity index (χ0) is 21.5.